The Balaban J connectivity index is 1.63. The van der Waals surface area contributed by atoms with E-state index in [4.69, 9.17) is 5.73 Å². The van der Waals surface area contributed by atoms with Gasteiger partial charge in [0.2, 0.25) is 0 Å². The maximum absolute atomic E-state index is 5.87. The lowest BCUT2D eigenvalue weighted by atomic mass is 9.85. The number of rotatable bonds is 6. The Morgan fingerprint density at radius 1 is 1.25 bits per heavy atom. The van der Waals surface area contributed by atoms with Crippen LogP contribution in [0.15, 0.2) is 0 Å². The van der Waals surface area contributed by atoms with Crippen molar-refractivity contribution in [2.45, 2.75) is 57.9 Å². The molecular formula is C14H28N2. The molecule has 2 nitrogen and oxygen atoms in total. The van der Waals surface area contributed by atoms with E-state index in [0.29, 0.717) is 6.04 Å². The molecule has 3 atom stereocenters. The summed E-state index contributed by atoms with van der Waals surface area (Å²) in [6.07, 6.45) is 9.97. The van der Waals surface area contributed by atoms with Crippen molar-refractivity contribution in [2.24, 2.45) is 23.5 Å². The highest BCUT2D eigenvalue weighted by Gasteiger charge is 2.32. The zero-order valence-electron chi connectivity index (χ0n) is 10.8. The van der Waals surface area contributed by atoms with Crippen LogP contribution in [-0.4, -0.2) is 19.1 Å². The topological polar surface area (TPSA) is 38.0 Å². The van der Waals surface area contributed by atoms with E-state index in [2.05, 4.69) is 12.2 Å². The van der Waals surface area contributed by atoms with Crippen LogP contribution in [-0.2, 0) is 0 Å². The Labute approximate surface area is 100 Å². The molecule has 0 radical (unpaired) electrons. The predicted octanol–water partition coefficient (Wildman–Crippen LogP) is 2.53. The molecule has 2 aliphatic rings. The van der Waals surface area contributed by atoms with Gasteiger partial charge in [-0.2, -0.15) is 0 Å². The van der Waals surface area contributed by atoms with Gasteiger partial charge in [0, 0.05) is 12.6 Å². The van der Waals surface area contributed by atoms with Crippen LogP contribution >= 0.6 is 0 Å². The maximum Gasteiger partial charge on any atom is 0.0193 e. The van der Waals surface area contributed by atoms with Gasteiger partial charge < -0.3 is 11.1 Å². The van der Waals surface area contributed by atoms with Crippen LogP contribution < -0.4 is 11.1 Å². The maximum atomic E-state index is 5.87. The zero-order valence-corrected chi connectivity index (χ0v) is 10.8. The van der Waals surface area contributed by atoms with Crippen LogP contribution in [0.5, 0.6) is 0 Å². The highest BCUT2D eigenvalue weighted by atomic mass is 14.9. The Bertz CT molecular complexity index is 199. The summed E-state index contributed by atoms with van der Waals surface area (Å²) in [5.41, 5.74) is 5.87. The summed E-state index contributed by atoms with van der Waals surface area (Å²) in [6.45, 7) is 4.37. The Kier molecular flexibility index (Phi) is 4.66. The molecule has 2 fully saturated rings. The largest absolute Gasteiger partial charge is 0.329 e. The molecule has 0 spiro atoms. The van der Waals surface area contributed by atoms with Crippen molar-refractivity contribution in [1.82, 2.24) is 5.32 Å². The van der Waals surface area contributed by atoms with Crippen LogP contribution in [0.4, 0.5) is 0 Å². The molecule has 0 aromatic heterocycles. The van der Waals surface area contributed by atoms with Crippen LogP contribution in [0.25, 0.3) is 0 Å². The van der Waals surface area contributed by atoms with Gasteiger partial charge >= 0.3 is 0 Å². The molecule has 0 bridgehead atoms. The molecule has 2 saturated carbocycles. The van der Waals surface area contributed by atoms with Gasteiger partial charge in [-0.25, -0.2) is 0 Å². The molecule has 16 heavy (non-hydrogen) atoms. The molecule has 0 aliphatic heterocycles. The number of hydrogen-bond donors (Lipinski definition) is 2. The molecule has 94 valence electrons. The standard InChI is InChI=1S/C14H28N2/c1-11-7-13(11)10-16-14(9-15)8-12-5-3-2-4-6-12/h11-14,16H,2-10,15H2,1H3. The fraction of sp³-hybridized carbons (Fsp3) is 1.00. The highest BCUT2D eigenvalue weighted by Crippen LogP contribution is 2.37. The van der Waals surface area contributed by atoms with Crippen molar-refractivity contribution in [2.75, 3.05) is 13.1 Å². The van der Waals surface area contributed by atoms with Gasteiger partial charge in [0.05, 0.1) is 0 Å². The van der Waals surface area contributed by atoms with Crippen molar-refractivity contribution in [3.63, 3.8) is 0 Å². The second-order valence-electron chi connectivity index (χ2n) is 6.05. The van der Waals surface area contributed by atoms with Gasteiger partial charge in [-0.3, -0.25) is 0 Å². The van der Waals surface area contributed by atoms with Gasteiger partial charge in [0.25, 0.3) is 0 Å². The van der Waals surface area contributed by atoms with E-state index >= 15 is 0 Å². The van der Waals surface area contributed by atoms with Crippen LogP contribution in [0, 0.1) is 17.8 Å². The number of hydrogen-bond acceptors (Lipinski definition) is 2. The average Bonchev–Trinajstić information content (AvgIpc) is 3.02. The fourth-order valence-electron chi connectivity index (χ4n) is 3.09. The third-order valence-corrected chi connectivity index (χ3v) is 4.57. The first-order chi connectivity index (χ1) is 7.79. The smallest absolute Gasteiger partial charge is 0.0193 e. The molecule has 2 aliphatic carbocycles. The fourth-order valence-corrected chi connectivity index (χ4v) is 3.09. The number of nitrogens with two attached hydrogens (primary N) is 1. The van der Waals surface area contributed by atoms with E-state index in [1.165, 1.54) is 51.5 Å². The van der Waals surface area contributed by atoms with E-state index in [1.54, 1.807) is 0 Å². The SMILES string of the molecule is CC1CC1CNC(CN)CC1CCCCC1. The molecule has 0 saturated heterocycles. The van der Waals surface area contributed by atoms with Crippen LogP contribution in [0.3, 0.4) is 0 Å². The molecule has 0 heterocycles. The minimum atomic E-state index is 0.580. The summed E-state index contributed by atoms with van der Waals surface area (Å²) in [5, 5.41) is 3.68. The van der Waals surface area contributed by atoms with E-state index in [9.17, 15) is 0 Å². The van der Waals surface area contributed by atoms with Gasteiger partial charge in [-0.05, 0) is 37.1 Å². The van der Waals surface area contributed by atoms with Gasteiger partial charge in [0.1, 0.15) is 0 Å². The first-order valence-electron chi connectivity index (χ1n) is 7.23. The van der Waals surface area contributed by atoms with Crippen molar-refractivity contribution < 1.29 is 0 Å². The zero-order chi connectivity index (χ0) is 11.4. The summed E-state index contributed by atoms with van der Waals surface area (Å²) in [5.74, 6) is 2.85. The van der Waals surface area contributed by atoms with Crippen molar-refractivity contribution in [1.29, 1.82) is 0 Å². The first-order valence-corrected chi connectivity index (χ1v) is 7.23. The van der Waals surface area contributed by atoms with Gasteiger partial charge in [-0.15, -0.1) is 0 Å². The first kappa shape index (κ1) is 12.4. The monoisotopic (exact) mass is 224 g/mol. The molecule has 0 aromatic carbocycles. The Hall–Kier alpha value is -0.0800. The van der Waals surface area contributed by atoms with E-state index in [1.807, 2.05) is 0 Å². The van der Waals surface area contributed by atoms with E-state index < -0.39 is 0 Å². The minimum Gasteiger partial charge on any atom is -0.329 e. The van der Waals surface area contributed by atoms with Gasteiger partial charge in [-0.1, -0.05) is 39.0 Å². The van der Waals surface area contributed by atoms with Crippen LogP contribution in [0.1, 0.15) is 51.9 Å². The molecule has 0 amide bonds. The van der Waals surface area contributed by atoms with Crippen molar-refractivity contribution >= 4 is 0 Å². The summed E-state index contributed by atoms with van der Waals surface area (Å²) in [6, 6.07) is 0.580. The summed E-state index contributed by atoms with van der Waals surface area (Å²) in [4.78, 5) is 0. The van der Waals surface area contributed by atoms with E-state index in [-0.39, 0.29) is 0 Å². The minimum absolute atomic E-state index is 0.580. The normalized spacial score (nSPS) is 32.6. The molecule has 3 unspecified atom stereocenters. The summed E-state index contributed by atoms with van der Waals surface area (Å²) < 4.78 is 0. The molecule has 0 aromatic rings. The van der Waals surface area contributed by atoms with Crippen LogP contribution in [0.2, 0.25) is 0 Å². The third kappa shape index (κ3) is 3.74. The van der Waals surface area contributed by atoms with E-state index in [0.717, 1.165) is 24.3 Å². The lowest BCUT2D eigenvalue weighted by Crippen LogP contribution is -2.39. The predicted molar refractivity (Wildman–Crippen MR) is 69.3 cm³/mol. The average molecular weight is 224 g/mol. The van der Waals surface area contributed by atoms with Crippen molar-refractivity contribution in [3.8, 4) is 0 Å². The third-order valence-electron chi connectivity index (χ3n) is 4.57. The van der Waals surface area contributed by atoms with Crippen molar-refractivity contribution in [3.05, 3.63) is 0 Å². The molecule has 3 N–H and O–H groups in total. The second-order valence-corrected chi connectivity index (χ2v) is 6.05. The Morgan fingerprint density at radius 3 is 2.50 bits per heavy atom. The highest BCUT2D eigenvalue weighted by molar-refractivity contribution is 4.86. The molecule has 2 rings (SSSR count). The van der Waals surface area contributed by atoms with Gasteiger partial charge in [0.15, 0.2) is 0 Å². The number of nitrogens with one attached hydrogen (secondary N) is 1. The quantitative estimate of drug-likeness (QED) is 0.727. The lowest BCUT2D eigenvalue weighted by molar-refractivity contribution is 0.298. The Morgan fingerprint density at radius 2 is 1.94 bits per heavy atom. The molecular weight excluding hydrogens is 196 g/mol. The second kappa shape index (κ2) is 6.02. The lowest BCUT2D eigenvalue weighted by Gasteiger charge is -2.26. The summed E-state index contributed by atoms with van der Waals surface area (Å²) >= 11 is 0. The molecule has 2 heteroatoms. The summed E-state index contributed by atoms with van der Waals surface area (Å²) in [7, 11) is 0.